The summed E-state index contributed by atoms with van der Waals surface area (Å²) < 4.78 is 10.7. The van der Waals surface area contributed by atoms with Crippen molar-refractivity contribution in [3.8, 4) is 0 Å². The predicted molar refractivity (Wildman–Crippen MR) is 84.2 cm³/mol. The van der Waals surface area contributed by atoms with Gasteiger partial charge < -0.3 is 14.5 Å². The molecule has 0 amide bonds. The van der Waals surface area contributed by atoms with Crippen molar-refractivity contribution in [1.29, 1.82) is 0 Å². The van der Waals surface area contributed by atoms with E-state index in [0.29, 0.717) is 18.2 Å². The Morgan fingerprint density at radius 2 is 2.27 bits per heavy atom. The molecule has 1 atom stereocenters. The third-order valence-electron chi connectivity index (χ3n) is 4.20. The van der Waals surface area contributed by atoms with E-state index >= 15 is 0 Å². The molecule has 0 aliphatic heterocycles. The van der Waals surface area contributed by atoms with E-state index in [1.807, 2.05) is 13.0 Å². The van der Waals surface area contributed by atoms with Crippen LogP contribution < -0.4 is 0 Å². The van der Waals surface area contributed by atoms with Gasteiger partial charge in [-0.1, -0.05) is 0 Å². The number of nitrogens with one attached hydrogen (secondary N) is 1. The van der Waals surface area contributed by atoms with Crippen molar-refractivity contribution >= 4 is 16.9 Å². The van der Waals surface area contributed by atoms with Crippen LogP contribution in [0.5, 0.6) is 0 Å². The number of rotatable bonds is 5. The SMILES string of the molecule is CCOCC1CCCc2[nH]c3cnc(C(=O)OCC)cc3c21. The van der Waals surface area contributed by atoms with Crippen molar-refractivity contribution in [2.75, 3.05) is 19.8 Å². The first kappa shape index (κ1) is 15.0. The number of H-pyrrole nitrogens is 1. The average Bonchev–Trinajstić information content (AvgIpc) is 2.91. The van der Waals surface area contributed by atoms with Gasteiger partial charge in [-0.25, -0.2) is 9.78 Å². The first-order chi connectivity index (χ1) is 10.7. The molecule has 1 unspecified atom stereocenters. The van der Waals surface area contributed by atoms with Gasteiger partial charge in [-0.05, 0) is 44.7 Å². The summed E-state index contributed by atoms with van der Waals surface area (Å²) in [5.74, 6) is 0.0198. The van der Waals surface area contributed by atoms with Gasteiger partial charge in [0.25, 0.3) is 0 Å². The minimum atomic E-state index is -0.364. The van der Waals surface area contributed by atoms with Crippen LogP contribution in [0.1, 0.15) is 54.4 Å². The van der Waals surface area contributed by atoms with Crippen LogP contribution in [-0.4, -0.2) is 35.8 Å². The molecule has 0 saturated carbocycles. The standard InChI is InChI=1S/C17H22N2O3/c1-3-21-10-11-6-5-7-13-16(11)12-8-14(17(20)22-4-2)18-9-15(12)19-13/h8-9,11,19H,3-7,10H2,1-2H3. The van der Waals surface area contributed by atoms with Gasteiger partial charge in [0.15, 0.2) is 0 Å². The number of esters is 1. The lowest BCUT2D eigenvalue weighted by atomic mass is 9.85. The van der Waals surface area contributed by atoms with E-state index < -0.39 is 0 Å². The van der Waals surface area contributed by atoms with E-state index in [1.165, 1.54) is 11.3 Å². The maximum absolute atomic E-state index is 11.9. The van der Waals surface area contributed by atoms with Crippen LogP contribution >= 0.6 is 0 Å². The lowest BCUT2D eigenvalue weighted by Gasteiger charge is -2.22. The fourth-order valence-electron chi connectivity index (χ4n) is 3.25. The molecule has 0 spiro atoms. The number of nitrogens with zero attached hydrogens (tertiary/aromatic N) is 1. The van der Waals surface area contributed by atoms with Gasteiger partial charge in [0, 0.05) is 23.6 Å². The van der Waals surface area contributed by atoms with Gasteiger partial charge >= 0.3 is 5.97 Å². The van der Waals surface area contributed by atoms with E-state index in [4.69, 9.17) is 9.47 Å². The van der Waals surface area contributed by atoms with E-state index in [9.17, 15) is 4.79 Å². The molecule has 0 fully saturated rings. The molecule has 2 aromatic heterocycles. The Hall–Kier alpha value is -1.88. The summed E-state index contributed by atoms with van der Waals surface area (Å²) in [5, 5.41) is 1.08. The van der Waals surface area contributed by atoms with Gasteiger partial charge in [-0.2, -0.15) is 0 Å². The Kier molecular flexibility index (Phi) is 4.43. The zero-order valence-electron chi connectivity index (χ0n) is 13.1. The fraction of sp³-hybridized carbons (Fsp3) is 0.529. The molecule has 1 aliphatic carbocycles. The summed E-state index contributed by atoms with van der Waals surface area (Å²) in [6.07, 6.45) is 5.06. The number of pyridine rings is 1. The lowest BCUT2D eigenvalue weighted by Crippen LogP contribution is -2.14. The molecule has 22 heavy (non-hydrogen) atoms. The van der Waals surface area contributed by atoms with Crippen LogP contribution in [0.4, 0.5) is 0 Å². The lowest BCUT2D eigenvalue weighted by molar-refractivity contribution is 0.0519. The largest absolute Gasteiger partial charge is 0.461 e. The minimum Gasteiger partial charge on any atom is -0.461 e. The topological polar surface area (TPSA) is 64.2 Å². The number of aromatic nitrogens is 2. The molecule has 3 rings (SSSR count). The molecular formula is C17H22N2O3. The number of hydrogen-bond donors (Lipinski definition) is 1. The van der Waals surface area contributed by atoms with Gasteiger partial charge in [0.1, 0.15) is 5.69 Å². The van der Waals surface area contributed by atoms with Crippen molar-refractivity contribution in [3.05, 3.63) is 29.2 Å². The van der Waals surface area contributed by atoms with Crippen molar-refractivity contribution in [2.24, 2.45) is 0 Å². The second-order valence-electron chi connectivity index (χ2n) is 5.60. The second kappa shape index (κ2) is 6.48. The molecule has 5 nitrogen and oxygen atoms in total. The van der Waals surface area contributed by atoms with E-state index in [-0.39, 0.29) is 5.97 Å². The number of aryl methyl sites for hydroxylation is 1. The summed E-state index contributed by atoms with van der Waals surface area (Å²) in [5.41, 5.74) is 3.91. The Morgan fingerprint density at radius 1 is 1.41 bits per heavy atom. The number of fused-ring (bicyclic) bond motifs is 3. The van der Waals surface area contributed by atoms with E-state index in [0.717, 1.165) is 43.4 Å². The van der Waals surface area contributed by atoms with Crippen LogP contribution in [0, 0.1) is 0 Å². The molecular weight excluding hydrogens is 280 g/mol. The van der Waals surface area contributed by atoms with Gasteiger partial charge in [0.05, 0.1) is 24.9 Å². The van der Waals surface area contributed by atoms with Crippen LogP contribution in [0.15, 0.2) is 12.3 Å². The Balaban J connectivity index is 2.02. The van der Waals surface area contributed by atoms with Gasteiger partial charge in [-0.15, -0.1) is 0 Å². The summed E-state index contributed by atoms with van der Waals surface area (Å²) in [4.78, 5) is 19.6. The van der Waals surface area contributed by atoms with E-state index in [1.54, 1.807) is 13.1 Å². The minimum absolute atomic E-state index is 0.358. The molecule has 2 aromatic rings. The van der Waals surface area contributed by atoms with E-state index in [2.05, 4.69) is 9.97 Å². The smallest absolute Gasteiger partial charge is 0.356 e. The van der Waals surface area contributed by atoms with Crippen LogP contribution in [0.3, 0.4) is 0 Å². The Labute approximate surface area is 130 Å². The summed E-state index contributed by atoms with van der Waals surface area (Å²) in [6, 6.07) is 1.85. The highest BCUT2D eigenvalue weighted by atomic mass is 16.5. The third-order valence-corrected chi connectivity index (χ3v) is 4.20. The first-order valence-electron chi connectivity index (χ1n) is 8.00. The highest BCUT2D eigenvalue weighted by Gasteiger charge is 2.25. The maximum atomic E-state index is 11.9. The molecule has 118 valence electrons. The number of carbonyl (C=O) groups is 1. The molecule has 5 heteroatoms. The van der Waals surface area contributed by atoms with Crippen molar-refractivity contribution in [1.82, 2.24) is 9.97 Å². The monoisotopic (exact) mass is 302 g/mol. The summed E-state index contributed by atoms with van der Waals surface area (Å²) >= 11 is 0. The first-order valence-corrected chi connectivity index (χ1v) is 8.00. The summed E-state index contributed by atoms with van der Waals surface area (Å²) in [7, 11) is 0. The fourth-order valence-corrected chi connectivity index (χ4v) is 3.25. The molecule has 1 N–H and O–H groups in total. The Morgan fingerprint density at radius 3 is 3.05 bits per heavy atom. The highest BCUT2D eigenvalue weighted by molar-refractivity contribution is 5.94. The maximum Gasteiger partial charge on any atom is 0.356 e. The number of hydrogen-bond acceptors (Lipinski definition) is 4. The predicted octanol–water partition coefficient (Wildman–Crippen LogP) is 3.20. The highest BCUT2D eigenvalue weighted by Crippen LogP contribution is 2.37. The van der Waals surface area contributed by atoms with Gasteiger partial charge in [0.2, 0.25) is 0 Å². The third kappa shape index (κ3) is 2.73. The van der Waals surface area contributed by atoms with Crippen LogP contribution in [0.25, 0.3) is 10.9 Å². The number of aromatic amines is 1. The van der Waals surface area contributed by atoms with Crippen molar-refractivity contribution in [3.63, 3.8) is 0 Å². The molecule has 0 aromatic carbocycles. The van der Waals surface area contributed by atoms with Crippen molar-refractivity contribution in [2.45, 2.75) is 39.0 Å². The molecule has 0 saturated heterocycles. The van der Waals surface area contributed by atoms with Crippen molar-refractivity contribution < 1.29 is 14.3 Å². The quantitative estimate of drug-likeness (QED) is 0.861. The van der Waals surface area contributed by atoms with Gasteiger partial charge in [-0.3, -0.25) is 0 Å². The molecule has 0 radical (unpaired) electrons. The molecule has 2 heterocycles. The van der Waals surface area contributed by atoms with Crippen LogP contribution in [-0.2, 0) is 15.9 Å². The average molecular weight is 302 g/mol. The summed E-state index contributed by atoms with van der Waals surface area (Å²) in [6.45, 7) is 5.63. The molecule has 0 bridgehead atoms. The number of ether oxygens (including phenoxy) is 2. The Bertz CT molecular complexity index is 678. The normalized spacial score (nSPS) is 17.5. The zero-order chi connectivity index (χ0) is 15.5. The van der Waals surface area contributed by atoms with Crippen LogP contribution in [0.2, 0.25) is 0 Å². The zero-order valence-corrected chi connectivity index (χ0v) is 13.1. The molecule has 1 aliphatic rings. The number of carbonyl (C=O) groups excluding carboxylic acids is 1. The second-order valence-corrected chi connectivity index (χ2v) is 5.60.